The summed E-state index contributed by atoms with van der Waals surface area (Å²) in [4.78, 5) is 38.6. The number of carbonyl (C=O) groups is 3. The third-order valence-electron chi connectivity index (χ3n) is 4.88. The van der Waals surface area contributed by atoms with Crippen LogP contribution in [0.5, 0.6) is 5.75 Å². The zero-order valence-electron chi connectivity index (χ0n) is 17.2. The van der Waals surface area contributed by atoms with E-state index in [9.17, 15) is 14.4 Å². The molecule has 2 aromatic carbocycles. The summed E-state index contributed by atoms with van der Waals surface area (Å²) >= 11 is 0. The minimum atomic E-state index is -1.19. The quantitative estimate of drug-likeness (QED) is 0.431. The minimum Gasteiger partial charge on any atom is -0.489 e. The highest BCUT2D eigenvalue weighted by Gasteiger charge is 2.48. The van der Waals surface area contributed by atoms with Crippen molar-refractivity contribution in [3.63, 3.8) is 0 Å². The topological polar surface area (TPSA) is 84.9 Å². The summed E-state index contributed by atoms with van der Waals surface area (Å²) in [7, 11) is 1.30. The van der Waals surface area contributed by atoms with Crippen LogP contribution in [0.4, 0.5) is 4.79 Å². The number of urea groups is 1. The molecule has 0 aliphatic carbocycles. The van der Waals surface area contributed by atoms with Crippen LogP contribution in [0, 0.1) is 0 Å². The molecule has 1 heterocycles. The molecule has 0 aromatic heterocycles. The maximum Gasteiger partial charge on any atom is 0.337 e. The Bertz CT molecular complexity index is 999. The molecule has 0 bridgehead atoms. The number of carbonyl (C=O) groups excluding carboxylic acids is 3. The number of amides is 3. The number of imide groups is 1. The highest BCUT2D eigenvalue weighted by atomic mass is 16.5. The molecule has 1 fully saturated rings. The van der Waals surface area contributed by atoms with Crippen LogP contribution in [-0.2, 0) is 21.6 Å². The molecule has 0 saturated carbocycles. The Balaban J connectivity index is 1.78. The number of hydrogen-bond acceptors (Lipinski definition) is 5. The van der Waals surface area contributed by atoms with Gasteiger partial charge in [0, 0.05) is 0 Å². The van der Waals surface area contributed by atoms with E-state index in [1.807, 2.05) is 6.92 Å². The van der Waals surface area contributed by atoms with Crippen molar-refractivity contribution in [2.75, 3.05) is 13.7 Å². The summed E-state index contributed by atoms with van der Waals surface area (Å²) in [5.41, 5.74) is 1.36. The van der Waals surface area contributed by atoms with Crippen LogP contribution >= 0.6 is 0 Å². The smallest absolute Gasteiger partial charge is 0.337 e. The van der Waals surface area contributed by atoms with Crippen LogP contribution in [-0.4, -0.2) is 36.5 Å². The number of esters is 1. The van der Waals surface area contributed by atoms with E-state index in [1.165, 1.54) is 7.11 Å². The molecule has 1 saturated heterocycles. The number of benzene rings is 2. The van der Waals surface area contributed by atoms with Crippen LogP contribution in [0.15, 0.2) is 60.7 Å². The number of methoxy groups -OCH3 is 1. The summed E-state index contributed by atoms with van der Waals surface area (Å²) in [5.74, 6) is -0.196. The largest absolute Gasteiger partial charge is 0.489 e. The van der Waals surface area contributed by atoms with Crippen LogP contribution in [0.25, 0.3) is 0 Å². The average molecular weight is 408 g/mol. The Morgan fingerprint density at radius 1 is 1.17 bits per heavy atom. The third-order valence-corrected chi connectivity index (χ3v) is 4.88. The van der Waals surface area contributed by atoms with Crippen molar-refractivity contribution in [1.29, 1.82) is 0 Å². The van der Waals surface area contributed by atoms with Crippen molar-refractivity contribution in [3.05, 3.63) is 77.4 Å². The van der Waals surface area contributed by atoms with E-state index in [4.69, 9.17) is 9.47 Å². The lowest BCUT2D eigenvalue weighted by Gasteiger charge is -2.22. The van der Waals surface area contributed by atoms with E-state index in [1.54, 1.807) is 55.5 Å². The molecule has 0 radical (unpaired) electrons. The van der Waals surface area contributed by atoms with Gasteiger partial charge in [0.05, 0.1) is 19.2 Å². The summed E-state index contributed by atoms with van der Waals surface area (Å²) in [6.45, 7) is 7.79. The van der Waals surface area contributed by atoms with Gasteiger partial charge in [0.2, 0.25) is 0 Å². The Kier molecular flexibility index (Phi) is 5.91. The summed E-state index contributed by atoms with van der Waals surface area (Å²) in [5, 5.41) is 2.78. The molecule has 0 spiro atoms. The van der Waals surface area contributed by atoms with E-state index in [0.29, 0.717) is 29.0 Å². The Morgan fingerprint density at radius 3 is 2.50 bits per heavy atom. The van der Waals surface area contributed by atoms with Crippen LogP contribution in [0.3, 0.4) is 0 Å². The van der Waals surface area contributed by atoms with Gasteiger partial charge in [0.1, 0.15) is 17.9 Å². The maximum atomic E-state index is 13.1. The normalized spacial score (nSPS) is 18.2. The summed E-state index contributed by atoms with van der Waals surface area (Å²) in [6, 6.07) is 13.2. The van der Waals surface area contributed by atoms with E-state index in [0.717, 1.165) is 10.5 Å². The second-order valence-electron chi connectivity index (χ2n) is 7.41. The molecule has 1 aliphatic heterocycles. The fraction of sp³-hybridized carbons (Fsp3) is 0.261. The van der Waals surface area contributed by atoms with Gasteiger partial charge < -0.3 is 14.8 Å². The molecule has 7 nitrogen and oxygen atoms in total. The minimum absolute atomic E-state index is 0.0465. The van der Waals surface area contributed by atoms with Crippen molar-refractivity contribution in [2.24, 2.45) is 0 Å². The zero-order chi connectivity index (χ0) is 21.9. The fourth-order valence-corrected chi connectivity index (χ4v) is 3.22. The van der Waals surface area contributed by atoms with Crippen molar-refractivity contribution in [3.8, 4) is 5.75 Å². The first kappa shape index (κ1) is 21.1. The molecule has 30 heavy (non-hydrogen) atoms. The van der Waals surface area contributed by atoms with Gasteiger partial charge in [0.25, 0.3) is 5.91 Å². The number of hydrogen-bond donors (Lipinski definition) is 1. The van der Waals surface area contributed by atoms with Crippen LogP contribution in [0.2, 0.25) is 0 Å². The number of nitrogens with zero attached hydrogens (tertiary/aromatic N) is 1. The number of ether oxygens (including phenoxy) is 2. The molecule has 2 aromatic rings. The van der Waals surface area contributed by atoms with Gasteiger partial charge in [0.15, 0.2) is 0 Å². The summed E-state index contributed by atoms with van der Waals surface area (Å²) < 4.78 is 10.3. The molecule has 1 N–H and O–H groups in total. The standard InChI is InChI=1S/C23H24N2O5/c1-15(2)14-30-19-10-8-18(9-11-19)23(3)21(27)25(22(28)24-23)13-16-6-5-7-17(12-16)20(26)29-4/h5-12H,1,13-14H2,2-4H3,(H,24,28). The molecule has 3 rings (SSSR count). The highest BCUT2D eigenvalue weighted by Crippen LogP contribution is 2.31. The van der Waals surface area contributed by atoms with Crippen molar-refractivity contribution >= 4 is 17.9 Å². The van der Waals surface area contributed by atoms with Crippen molar-refractivity contribution in [1.82, 2.24) is 10.2 Å². The second-order valence-corrected chi connectivity index (χ2v) is 7.41. The van der Waals surface area contributed by atoms with Gasteiger partial charge in [-0.15, -0.1) is 0 Å². The monoisotopic (exact) mass is 408 g/mol. The van der Waals surface area contributed by atoms with Gasteiger partial charge in [-0.2, -0.15) is 0 Å². The van der Waals surface area contributed by atoms with Gasteiger partial charge in [-0.05, 0) is 54.8 Å². The Morgan fingerprint density at radius 2 is 1.87 bits per heavy atom. The Labute approximate surface area is 175 Å². The molecule has 1 aliphatic rings. The SMILES string of the molecule is C=C(C)COc1ccc(C2(C)NC(=O)N(Cc3cccc(C(=O)OC)c3)C2=O)cc1. The lowest BCUT2D eigenvalue weighted by atomic mass is 9.92. The van der Waals surface area contributed by atoms with Crippen molar-refractivity contribution in [2.45, 2.75) is 25.9 Å². The van der Waals surface area contributed by atoms with Gasteiger partial charge in [-0.1, -0.05) is 30.8 Å². The highest BCUT2D eigenvalue weighted by molar-refractivity contribution is 6.07. The van der Waals surface area contributed by atoms with Crippen LogP contribution < -0.4 is 10.1 Å². The predicted molar refractivity (Wildman–Crippen MR) is 111 cm³/mol. The van der Waals surface area contributed by atoms with Gasteiger partial charge in [-0.3, -0.25) is 9.69 Å². The van der Waals surface area contributed by atoms with Gasteiger partial charge >= 0.3 is 12.0 Å². The number of nitrogens with one attached hydrogen (secondary N) is 1. The lowest BCUT2D eigenvalue weighted by molar-refractivity contribution is -0.131. The fourth-order valence-electron chi connectivity index (χ4n) is 3.22. The first-order chi connectivity index (χ1) is 14.2. The molecule has 3 amide bonds. The van der Waals surface area contributed by atoms with E-state index in [2.05, 4.69) is 11.9 Å². The molecular formula is C23H24N2O5. The first-order valence-electron chi connectivity index (χ1n) is 9.43. The first-order valence-corrected chi connectivity index (χ1v) is 9.43. The van der Waals surface area contributed by atoms with E-state index >= 15 is 0 Å². The molecule has 156 valence electrons. The maximum absolute atomic E-state index is 13.1. The third kappa shape index (κ3) is 4.20. The van der Waals surface area contributed by atoms with Crippen molar-refractivity contribution < 1.29 is 23.9 Å². The van der Waals surface area contributed by atoms with E-state index < -0.39 is 17.5 Å². The lowest BCUT2D eigenvalue weighted by Crippen LogP contribution is -2.40. The molecule has 7 heteroatoms. The van der Waals surface area contributed by atoms with Gasteiger partial charge in [-0.25, -0.2) is 9.59 Å². The van der Waals surface area contributed by atoms with E-state index in [-0.39, 0.29) is 12.5 Å². The Hall–Kier alpha value is -3.61. The molecule has 1 unspecified atom stereocenters. The molecule has 1 atom stereocenters. The predicted octanol–water partition coefficient (Wildman–Crippen LogP) is 3.40. The zero-order valence-corrected chi connectivity index (χ0v) is 17.2. The number of rotatable bonds is 7. The van der Waals surface area contributed by atoms with Crippen LogP contribution in [0.1, 0.15) is 35.3 Å². The second kappa shape index (κ2) is 8.41. The molecular weight excluding hydrogens is 384 g/mol. The average Bonchev–Trinajstić information content (AvgIpc) is 2.96. The summed E-state index contributed by atoms with van der Waals surface area (Å²) in [6.07, 6.45) is 0.